The highest BCUT2D eigenvalue weighted by Gasteiger charge is 2.29. The largest absolute Gasteiger partial charge is 0.494 e. The van der Waals surface area contributed by atoms with Crippen molar-refractivity contribution in [3.63, 3.8) is 0 Å². The molecule has 18 heavy (non-hydrogen) atoms. The fourth-order valence-electron chi connectivity index (χ4n) is 2.67. The van der Waals surface area contributed by atoms with Crippen LogP contribution in [0.4, 0.5) is 4.39 Å². The van der Waals surface area contributed by atoms with Gasteiger partial charge in [0.05, 0.1) is 19.3 Å². The van der Waals surface area contributed by atoms with Crippen molar-refractivity contribution in [1.82, 2.24) is 0 Å². The maximum Gasteiger partial charge on any atom is 0.165 e. The van der Waals surface area contributed by atoms with E-state index in [1.165, 1.54) is 13.2 Å². The monoisotopic (exact) mass is 253 g/mol. The van der Waals surface area contributed by atoms with Gasteiger partial charge in [0.25, 0.3) is 0 Å². The third-order valence-corrected chi connectivity index (χ3v) is 3.81. The first-order valence-corrected chi connectivity index (χ1v) is 6.40. The first-order valence-electron chi connectivity index (χ1n) is 6.40. The van der Waals surface area contributed by atoms with E-state index in [2.05, 4.69) is 0 Å². The SMILES string of the molecule is COc1cc([C@H](N)[C@H](O)C2CCCC2)ccc1F. The highest BCUT2D eigenvalue weighted by Crippen LogP contribution is 2.33. The molecule has 0 heterocycles. The molecule has 0 aromatic heterocycles. The molecule has 1 aromatic rings. The lowest BCUT2D eigenvalue weighted by Gasteiger charge is -2.24. The maximum absolute atomic E-state index is 13.3. The van der Waals surface area contributed by atoms with Crippen LogP contribution in [0.2, 0.25) is 0 Å². The van der Waals surface area contributed by atoms with Crippen molar-refractivity contribution in [2.24, 2.45) is 11.7 Å². The summed E-state index contributed by atoms with van der Waals surface area (Å²) < 4.78 is 18.2. The standard InChI is InChI=1S/C14H20FNO2/c1-18-12-8-10(6-7-11(12)15)13(16)14(17)9-4-2-3-5-9/h6-9,13-14,17H,2-5,16H2,1H3/t13-,14+/m0/s1. The van der Waals surface area contributed by atoms with Crippen LogP contribution in [0.5, 0.6) is 5.75 Å². The lowest BCUT2D eigenvalue weighted by molar-refractivity contribution is 0.0844. The Bertz CT molecular complexity index is 405. The van der Waals surface area contributed by atoms with Crippen LogP contribution in [0.1, 0.15) is 37.3 Å². The molecule has 0 radical (unpaired) electrons. The van der Waals surface area contributed by atoms with Gasteiger partial charge in [0.2, 0.25) is 0 Å². The summed E-state index contributed by atoms with van der Waals surface area (Å²) in [7, 11) is 1.42. The summed E-state index contributed by atoms with van der Waals surface area (Å²) in [6.45, 7) is 0. The molecule has 0 unspecified atom stereocenters. The van der Waals surface area contributed by atoms with Crippen molar-refractivity contribution >= 4 is 0 Å². The van der Waals surface area contributed by atoms with E-state index < -0.39 is 18.0 Å². The van der Waals surface area contributed by atoms with Gasteiger partial charge in [-0.05, 0) is 36.5 Å². The number of nitrogens with two attached hydrogens (primary N) is 1. The van der Waals surface area contributed by atoms with E-state index in [1.807, 2.05) is 0 Å². The van der Waals surface area contributed by atoms with E-state index in [0.717, 1.165) is 25.7 Å². The fraction of sp³-hybridized carbons (Fsp3) is 0.571. The van der Waals surface area contributed by atoms with Crippen molar-refractivity contribution in [2.45, 2.75) is 37.8 Å². The molecule has 0 spiro atoms. The average molecular weight is 253 g/mol. The first-order chi connectivity index (χ1) is 8.63. The Kier molecular flexibility index (Phi) is 4.19. The van der Waals surface area contributed by atoms with Gasteiger partial charge >= 0.3 is 0 Å². The van der Waals surface area contributed by atoms with E-state index in [-0.39, 0.29) is 11.7 Å². The first kappa shape index (κ1) is 13.3. The minimum absolute atomic E-state index is 0.168. The number of hydrogen-bond acceptors (Lipinski definition) is 3. The minimum atomic E-state index is -0.567. The number of aliphatic hydroxyl groups excluding tert-OH is 1. The molecule has 1 aliphatic rings. The van der Waals surface area contributed by atoms with E-state index in [9.17, 15) is 9.50 Å². The Morgan fingerprint density at radius 1 is 1.39 bits per heavy atom. The molecular formula is C14H20FNO2. The second-order valence-corrected chi connectivity index (χ2v) is 4.95. The van der Waals surface area contributed by atoms with Crippen LogP contribution >= 0.6 is 0 Å². The van der Waals surface area contributed by atoms with Crippen LogP contribution < -0.4 is 10.5 Å². The van der Waals surface area contributed by atoms with Crippen molar-refractivity contribution in [2.75, 3.05) is 7.11 Å². The molecule has 1 aliphatic carbocycles. The van der Waals surface area contributed by atoms with Crippen molar-refractivity contribution in [1.29, 1.82) is 0 Å². The molecule has 0 amide bonds. The van der Waals surface area contributed by atoms with Gasteiger partial charge in [-0.2, -0.15) is 0 Å². The quantitative estimate of drug-likeness (QED) is 0.866. The number of benzene rings is 1. The van der Waals surface area contributed by atoms with Crippen LogP contribution in [-0.4, -0.2) is 18.3 Å². The smallest absolute Gasteiger partial charge is 0.165 e. The van der Waals surface area contributed by atoms with Gasteiger partial charge in [-0.15, -0.1) is 0 Å². The molecule has 0 saturated heterocycles. The van der Waals surface area contributed by atoms with Crippen LogP contribution in [-0.2, 0) is 0 Å². The molecule has 100 valence electrons. The van der Waals surface area contributed by atoms with E-state index in [0.29, 0.717) is 5.56 Å². The second kappa shape index (κ2) is 5.67. The van der Waals surface area contributed by atoms with E-state index in [4.69, 9.17) is 10.5 Å². The van der Waals surface area contributed by atoms with Crippen LogP contribution in [0.25, 0.3) is 0 Å². The zero-order valence-corrected chi connectivity index (χ0v) is 10.6. The fourth-order valence-corrected chi connectivity index (χ4v) is 2.67. The van der Waals surface area contributed by atoms with Crippen LogP contribution in [0.3, 0.4) is 0 Å². The predicted molar refractivity (Wildman–Crippen MR) is 67.8 cm³/mol. The number of ether oxygens (including phenoxy) is 1. The summed E-state index contributed by atoms with van der Waals surface area (Å²) in [5.74, 6) is 0.0152. The lowest BCUT2D eigenvalue weighted by atomic mass is 9.91. The molecule has 1 aromatic carbocycles. The molecule has 0 bridgehead atoms. The van der Waals surface area contributed by atoms with Gasteiger partial charge in [-0.1, -0.05) is 18.9 Å². The average Bonchev–Trinajstić information content (AvgIpc) is 2.91. The summed E-state index contributed by atoms with van der Waals surface area (Å²) in [6.07, 6.45) is 3.78. The Labute approximate surface area is 107 Å². The van der Waals surface area contributed by atoms with Crippen molar-refractivity contribution < 1.29 is 14.2 Å². The molecule has 3 nitrogen and oxygen atoms in total. The van der Waals surface area contributed by atoms with Gasteiger partial charge in [0.1, 0.15) is 0 Å². The van der Waals surface area contributed by atoms with Gasteiger partial charge < -0.3 is 15.6 Å². The second-order valence-electron chi connectivity index (χ2n) is 4.95. The van der Waals surface area contributed by atoms with E-state index in [1.54, 1.807) is 12.1 Å². The van der Waals surface area contributed by atoms with Crippen molar-refractivity contribution in [3.8, 4) is 5.75 Å². The Hall–Kier alpha value is -1.13. The summed E-state index contributed by atoms with van der Waals surface area (Å²) in [4.78, 5) is 0. The van der Waals surface area contributed by atoms with Gasteiger partial charge in [0.15, 0.2) is 11.6 Å². The van der Waals surface area contributed by atoms with E-state index >= 15 is 0 Å². The predicted octanol–water partition coefficient (Wildman–Crippen LogP) is 2.39. The van der Waals surface area contributed by atoms with Gasteiger partial charge in [-0.25, -0.2) is 4.39 Å². The number of methoxy groups -OCH3 is 1. The summed E-state index contributed by atoms with van der Waals surface area (Å²) in [6, 6.07) is 4.02. The molecule has 1 saturated carbocycles. The maximum atomic E-state index is 13.3. The zero-order valence-electron chi connectivity index (χ0n) is 10.6. The normalized spacial score (nSPS) is 19.8. The summed E-state index contributed by atoms with van der Waals surface area (Å²) in [5.41, 5.74) is 6.78. The number of rotatable bonds is 4. The zero-order chi connectivity index (χ0) is 13.1. The Balaban J connectivity index is 2.14. The number of hydrogen-bond donors (Lipinski definition) is 2. The molecule has 0 aliphatic heterocycles. The molecule has 4 heteroatoms. The van der Waals surface area contributed by atoms with Crippen LogP contribution in [0.15, 0.2) is 18.2 Å². The Morgan fingerprint density at radius 2 is 2.06 bits per heavy atom. The molecule has 1 fully saturated rings. The summed E-state index contributed by atoms with van der Waals surface area (Å²) in [5, 5.41) is 10.2. The van der Waals surface area contributed by atoms with Crippen molar-refractivity contribution in [3.05, 3.63) is 29.6 Å². The molecular weight excluding hydrogens is 233 g/mol. The Morgan fingerprint density at radius 3 is 2.67 bits per heavy atom. The molecule has 3 N–H and O–H groups in total. The van der Waals surface area contributed by atoms with Gasteiger partial charge in [-0.3, -0.25) is 0 Å². The van der Waals surface area contributed by atoms with Gasteiger partial charge in [0, 0.05) is 0 Å². The third kappa shape index (κ3) is 2.65. The third-order valence-electron chi connectivity index (χ3n) is 3.81. The highest BCUT2D eigenvalue weighted by molar-refractivity contribution is 5.32. The number of aliphatic hydroxyl groups is 1. The topological polar surface area (TPSA) is 55.5 Å². The van der Waals surface area contributed by atoms with Crippen LogP contribution in [0, 0.1) is 11.7 Å². The lowest BCUT2D eigenvalue weighted by Crippen LogP contribution is -2.31. The summed E-state index contributed by atoms with van der Waals surface area (Å²) >= 11 is 0. The molecule has 2 atom stereocenters. The molecule has 2 rings (SSSR count). The minimum Gasteiger partial charge on any atom is -0.494 e. The highest BCUT2D eigenvalue weighted by atomic mass is 19.1. The number of halogens is 1.